The Morgan fingerprint density at radius 2 is 2.11 bits per heavy atom. The highest BCUT2D eigenvalue weighted by molar-refractivity contribution is 14.1. The molecule has 2 aromatic heterocycles. The van der Waals surface area contributed by atoms with Crippen LogP contribution in [0.4, 0.5) is 0 Å². The Labute approximate surface area is 124 Å². The zero-order valence-corrected chi connectivity index (χ0v) is 12.4. The van der Waals surface area contributed by atoms with Gasteiger partial charge < -0.3 is 5.73 Å². The fraction of sp³-hybridized carbons (Fsp3) is 0.143. The van der Waals surface area contributed by atoms with Crippen LogP contribution in [-0.4, -0.2) is 21.3 Å². The van der Waals surface area contributed by atoms with Crippen molar-refractivity contribution in [1.82, 2.24) is 14.8 Å². The molecule has 19 heavy (non-hydrogen) atoms. The van der Waals surface area contributed by atoms with Crippen LogP contribution in [0.1, 0.15) is 5.56 Å². The van der Waals surface area contributed by atoms with Gasteiger partial charge >= 0.3 is 0 Å². The smallest absolute Gasteiger partial charge is 0.157 e. The van der Waals surface area contributed by atoms with Crippen LogP contribution in [0.15, 0.2) is 42.7 Å². The number of nitrogens with two attached hydrogens (primary N) is 1. The summed E-state index contributed by atoms with van der Waals surface area (Å²) in [5.74, 6) is 0.868. The van der Waals surface area contributed by atoms with Gasteiger partial charge in [0, 0.05) is 11.6 Å². The van der Waals surface area contributed by atoms with Gasteiger partial charge in [0.15, 0.2) is 5.82 Å². The summed E-state index contributed by atoms with van der Waals surface area (Å²) in [6.45, 7) is 0.603. The number of pyridine rings is 1. The van der Waals surface area contributed by atoms with Gasteiger partial charge in [0.1, 0.15) is 0 Å². The summed E-state index contributed by atoms with van der Waals surface area (Å²) in [6, 6.07) is 10.2. The Kier molecular flexibility index (Phi) is 3.48. The molecule has 3 aromatic rings. The quantitative estimate of drug-likeness (QED) is 0.727. The number of benzene rings is 1. The maximum Gasteiger partial charge on any atom is 0.157 e. The van der Waals surface area contributed by atoms with Crippen LogP contribution in [-0.2, 0) is 6.42 Å². The summed E-state index contributed by atoms with van der Waals surface area (Å²) >= 11 is 2.24. The van der Waals surface area contributed by atoms with E-state index in [4.69, 9.17) is 10.7 Å². The molecule has 0 saturated carbocycles. The van der Waals surface area contributed by atoms with E-state index in [1.807, 2.05) is 35.3 Å². The Bertz CT molecular complexity index is 720. The number of hydrogen-bond donors (Lipinski definition) is 1. The maximum absolute atomic E-state index is 5.70. The number of fused-ring (bicyclic) bond motifs is 1. The van der Waals surface area contributed by atoms with E-state index in [1.54, 1.807) is 0 Å². The molecule has 0 fully saturated rings. The van der Waals surface area contributed by atoms with E-state index in [-0.39, 0.29) is 0 Å². The minimum Gasteiger partial charge on any atom is -0.330 e. The van der Waals surface area contributed by atoms with Gasteiger partial charge in [-0.3, -0.25) is 0 Å². The van der Waals surface area contributed by atoms with Crippen molar-refractivity contribution in [2.45, 2.75) is 6.42 Å². The normalized spacial score (nSPS) is 11.1. The minimum absolute atomic E-state index is 0.603. The van der Waals surface area contributed by atoms with Crippen molar-refractivity contribution in [1.29, 1.82) is 0 Å². The summed E-state index contributed by atoms with van der Waals surface area (Å²) in [7, 11) is 0. The first-order valence-electron chi connectivity index (χ1n) is 6.07. The lowest BCUT2D eigenvalue weighted by Gasteiger charge is -2.09. The van der Waals surface area contributed by atoms with Crippen LogP contribution in [0.25, 0.3) is 16.7 Å². The molecule has 0 spiro atoms. The van der Waals surface area contributed by atoms with Crippen molar-refractivity contribution < 1.29 is 0 Å². The predicted octanol–water partition coefficient (Wildman–Crippen LogP) is 2.53. The molecule has 1 aromatic carbocycles. The summed E-state index contributed by atoms with van der Waals surface area (Å²) in [4.78, 5) is 4.72. The Hall–Kier alpha value is -1.47. The summed E-state index contributed by atoms with van der Waals surface area (Å²) in [5, 5.41) is 5.48. The molecule has 0 bridgehead atoms. The van der Waals surface area contributed by atoms with Crippen molar-refractivity contribution in [3.05, 3.63) is 51.9 Å². The van der Waals surface area contributed by atoms with Crippen LogP contribution in [0.2, 0.25) is 0 Å². The third kappa shape index (κ3) is 2.48. The molecule has 2 heterocycles. The topological polar surface area (TPSA) is 56.7 Å². The second-order valence-electron chi connectivity index (χ2n) is 4.31. The van der Waals surface area contributed by atoms with Crippen molar-refractivity contribution in [3.8, 4) is 5.82 Å². The van der Waals surface area contributed by atoms with Crippen LogP contribution < -0.4 is 5.73 Å². The van der Waals surface area contributed by atoms with Crippen molar-refractivity contribution in [3.63, 3.8) is 0 Å². The highest BCUT2D eigenvalue weighted by atomic mass is 127. The molecule has 0 atom stereocenters. The molecule has 0 aliphatic carbocycles. The number of halogens is 1. The first-order valence-corrected chi connectivity index (χ1v) is 7.15. The van der Waals surface area contributed by atoms with Gasteiger partial charge in [-0.2, -0.15) is 5.10 Å². The monoisotopic (exact) mass is 364 g/mol. The van der Waals surface area contributed by atoms with E-state index >= 15 is 0 Å². The standard InChI is InChI=1S/C14H13IN4/c15-12-8-17-19(9-12)14-11(5-6-16)7-10-3-1-2-4-13(10)18-14/h1-4,7-9H,5-6,16H2. The van der Waals surface area contributed by atoms with E-state index in [9.17, 15) is 0 Å². The lowest BCUT2D eigenvalue weighted by molar-refractivity contribution is 0.824. The van der Waals surface area contributed by atoms with Gasteiger partial charge in [-0.25, -0.2) is 9.67 Å². The maximum atomic E-state index is 5.70. The number of para-hydroxylation sites is 1. The van der Waals surface area contributed by atoms with Gasteiger partial charge in [0.2, 0.25) is 0 Å². The van der Waals surface area contributed by atoms with E-state index in [1.165, 1.54) is 0 Å². The van der Waals surface area contributed by atoms with Gasteiger partial charge in [-0.05, 0) is 53.3 Å². The van der Waals surface area contributed by atoms with Gasteiger partial charge in [-0.1, -0.05) is 18.2 Å². The third-order valence-corrected chi connectivity index (χ3v) is 3.52. The molecule has 0 amide bonds. The molecule has 5 heteroatoms. The van der Waals surface area contributed by atoms with E-state index in [0.717, 1.165) is 32.3 Å². The lowest BCUT2D eigenvalue weighted by Crippen LogP contribution is -2.09. The number of hydrogen-bond acceptors (Lipinski definition) is 3. The average Bonchev–Trinajstić information content (AvgIpc) is 2.85. The molecular weight excluding hydrogens is 351 g/mol. The lowest BCUT2D eigenvalue weighted by atomic mass is 10.1. The number of nitrogens with zero attached hydrogens (tertiary/aromatic N) is 3. The second kappa shape index (κ2) is 5.26. The molecule has 0 radical (unpaired) electrons. The Morgan fingerprint density at radius 3 is 2.84 bits per heavy atom. The molecule has 0 unspecified atom stereocenters. The zero-order valence-electron chi connectivity index (χ0n) is 10.3. The Morgan fingerprint density at radius 1 is 1.26 bits per heavy atom. The first-order chi connectivity index (χ1) is 9.28. The molecule has 0 aliphatic rings. The van der Waals surface area contributed by atoms with Gasteiger partial charge in [0.05, 0.1) is 15.3 Å². The van der Waals surface area contributed by atoms with E-state index in [0.29, 0.717) is 6.54 Å². The third-order valence-electron chi connectivity index (χ3n) is 2.96. The summed E-state index contributed by atoms with van der Waals surface area (Å²) < 4.78 is 2.91. The highest BCUT2D eigenvalue weighted by Gasteiger charge is 2.09. The fourth-order valence-corrected chi connectivity index (χ4v) is 2.49. The molecule has 2 N–H and O–H groups in total. The van der Waals surface area contributed by atoms with E-state index < -0.39 is 0 Å². The highest BCUT2D eigenvalue weighted by Crippen LogP contribution is 2.20. The SMILES string of the molecule is NCCc1cc2ccccc2nc1-n1cc(I)cn1. The van der Waals surface area contributed by atoms with Crippen LogP contribution in [0.5, 0.6) is 0 Å². The molecular formula is C14H13IN4. The summed E-state index contributed by atoms with van der Waals surface area (Å²) in [6.07, 6.45) is 4.59. The first kappa shape index (κ1) is 12.6. The zero-order chi connectivity index (χ0) is 13.2. The van der Waals surface area contributed by atoms with Crippen molar-refractivity contribution >= 4 is 33.5 Å². The molecule has 0 aliphatic heterocycles. The van der Waals surface area contributed by atoms with Gasteiger partial charge in [-0.15, -0.1) is 0 Å². The van der Waals surface area contributed by atoms with Crippen LogP contribution in [0.3, 0.4) is 0 Å². The van der Waals surface area contributed by atoms with Crippen molar-refractivity contribution in [2.24, 2.45) is 5.73 Å². The van der Waals surface area contributed by atoms with E-state index in [2.05, 4.69) is 39.8 Å². The van der Waals surface area contributed by atoms with Crippen LogP contribution in [0, 0.1) is 3.57 Å². The molecule has 3 rings (SSSR count). The molecule has 4 nitrogen and oxygen atoms in total. The number of rotatable bonds is 3. The summed E-state index contributed by atoms with van der Waals surface area (Å²) in [5.41, 5.74) is 7.80. The van der Waals surface area contributed by atoms with Gasteiger partial charge in [0.25, 0.3) is 0 Å². The van der Waals surface area contributed by atoms with Crippen molar-refractivity contribution in [2.75, 3.05) is 6.54 Å². The minimum atomic E-state index is 0.603. The molecule has 0 saturated heterocycles. The number of aromatic nitrogens is 3. The fourth-order valence-electron chi connectivity index (χ4n) is 2.10. The average molecular weight is 364 g/mol. The second-order valence-corrected chi connectivity index (χ2v) is 5.55. The molecule has 96 valence electrons. The predicted molar refractivity (Wildman–Crippen MR) is 84.3 cm³/mol. The largest absolute Gasteiger partial charge is 0.330 e. The Balaban J connectivity index is 2.22. The van der Waals surface area contributed by atoms with Crippen LogP contribution >= 0.6 is 22.6 Å².